The molecule has 0 aliphatic carbocycles. The zero-order chi connectivity index (χ0) is 26.8. The van der Waals surface area contributed by atoms with Gasteiger partial charge in [0, 0.05) is 37.9 Å². The van der Waals surface area contributed by atoms with Gasteiger partial charge in [-0.25, -0.2) is 19.9 Å². The molecule has 1 N–H and O–H groups in total. The number of aryl methyl sites for hydroxylation is 2. The predicted molar refractivity (Wildman–Crippen MR) is 155 cm³/mol. The molecule has 2 aliphatic heterocycles. The van der Waals surface area contributed by atoms with Gasteiger partial charge < -0.3 is 19.7 Å². The Morgan fingerprint density at radius 3 is 2.85 bits per heavy atom. The number of thiazole rings is 1. The number of hydrogen-bond acceptors (Lipinski definition) is 10. The second kappa shape index (κ2) is 11.3. The normalized spacial score (nSPS) is 17.6. The van der Waals surface area contributed by atoms with E-state index in [4.69, 9.17) is 24.4 Å². The highest BCUT2D eigenvalue weighted by Gasteiger charge is 2.30. The molecule has 9 nitrogen and oxygen atoms in total. The van der Waals surface area contributed by atoms with Gasteiger partial charge in [0.2, 0.25) is 5.95 Å². The minimum atomic E-state index is 0.439. The standard InChI is InChI=1S/C29H33N7O2S/c1-4-26-34-27(20-13-19(2)14-23(15-20)37-3)28(39-26)24-7-8-30-29(33-24)32-21-5-6-25(31-16-21)36-10-9-35-11-12-38-18-22(35)17-36/h5-8,13-16,22H,4,9-12,17-18H2,1-3H3,(H,30,32,33)/t22-/m1/s1. The highest BCUT2D eigenvalue weighted by atomic mass is 32.1. The first-order valence-electron chi connectivity index (χ1n) is 13.4. The van der Waals surface area contributed by atoms with Crippen LogP contribution in [0.15, 0.2) is 48.8 Å². The molecule has 2 saturated heterocycles. The summed E-state index contributed by atoms with van der Waals surface area (Å²) in [5.41, 5.74) is 4.73. The summed E-state index contributed by atoms with van der Waals surface area (Å²) in [5.74, 6) is 2.32. The maximum absolute atomic E-state index is 5.68. The molecule has 2 aliphatic rings. The quantitative estimate of drug-likeness (QED) is 0.353. The van der Waals surface area contributed by atoms with E-state index in [9.17, 15) is 0 Å². The number of hydrogen-bond donors (Lipinski definition) is 1. The van der Waals surface area contributed by atoms with E-state index < -0.39 is 0 Å². The number of aromatic nitrogens is 4. The van der Waals surface area contributed by atoms with Gasteiger partial charge in [-0.3, -0.25) is 4.90 Å². The molecule has 10 heteroatoms. The van der Waals surface area contributed by atoms with Gasteiger partial charge in [0.25, 0.3) is 0 Å². The fraction of sp³-hybridized carbons (Fsp3) is 0.379. The molecule has 1 aromatic carbocycles. The molecule has 0 bridgehead atoms. The third-order valence-corrected chi connectivity index (χ3v) is 8.41. The highest BCUT2D eigenvalue weighted by Crippen LogP contribution is 2.38. The van der Waals surface area contributed by atoms with Crippen molar-refractivity contribution in [3.05, 3.63) is 59.4 Å². The van der Waals surface area contributed by atoms with Crippen LogP contribution in [0.3, 0.4) is 0 Å². The molecule has 4 aromatic rings. The Balaban J connectivity index is 1.21. The van der Waals surface area contributed by atoms with Crippen molar-refractivity contribution in [1.82, 2.24) is 24.8 Å². The average Bonchev–Trinajstić information content (AvgIpc) is 3.42. The van der Waals surface area contributed by atoms with Crippen molar-refractivity contribution < 1.29 is 9.47 Å². The van der Waals surface area contributed by atoms with Crippen LogP contribution in [0.4, 0.5) is 17.5 Å². The first-order chi connectivity index (χ1) is 19.1. The largest absolute Gasteiger partial charge is 0.497 e. The second-order valence-corrected chi connectivity index (χ2v) is 11.0. The van der Waals surface area contributed by atoms with Crippen LogP contribution in [0, 0.1) is 6.92 Å². The Morgan fingerprint density at radius 2 is 2.03 bits per heavy atom. The van der Waals surface area contributed by atoms with Crippen LogP contribution in [0.25, 0.3) is 21.8 Å². The lowest BCUT2D eigenvalue weighted by Crippen LogP contribution is -2.58. The number of anilines is 3. The molecule has 5 heterocycles. The van der Waals surface area contributed by atoms with Crippen molar-refractivity contribution in [3.63, 3.8) is 0 Å². The van der Waals surface area contributed by atoms with Crippen molar-refractivity contribution in [1.29, 1.82) is 0 Å². The number of ether oxygens (including phenoxy) is 2. The van der Waals surface area contributed by atoms with E-state index in [0.29, 0.717) is 12.0 Å². The number of benzene rings is 1. The molecule has 0 spiro atoms. The average molecular weight is 544 g/mol. The summed E-state index contributed by atoms with van der Waals surface area (Å²) in [5, 5.41) is 4.39. The fourth-order valence-electron chi connectivity index (χ4n) is 5.16. The van der Waals surface area contributed by atoms with Gasteiger partial charge >= 0.3 is 0 Å². The lowest BCUT2D eigenvalue weighted by atomic mass is 10.1. The third-order valence-electron chi connectivity index (χ3n) is 7.19. The van der Waals surface area contributed by atoms with Crippen LogP contribution in [0.5, 0.6) is 5.75 Å². The number of piperazine rings is 1. The smallest absolute Gasteiger partial charge is 0.227 e. The summed E-state index contributed by atoms with van der Waals surface area (Å²) in [6, 6.07) is 12.7. The summed E-state index contributed by atoms with van der Waals surface area (Å²) in [7, 11) is 1.69. The minimum Gasteiger partial charge on any atom is -0.497 e. The lowest BCUT2D eigenvalue weighted by molar-refractivity contribution is -0.0117. The Kier molecular flexibility index (Phi) is 7.40. The summed E-state index contributed by atoms with van der Waals surface area (Å²) in [6.07, 6.45) is 4.49. The molecule has 2 fully saturated rings. The Bertz CT molecular complexity index is 1440. The van der Waals surface area contributed by atoms with Gasteiger partial charge in [-0.05, 0) is 55.3 Å². The number of fused-ring (bicyclic) bond motifs is 1. The molecule has 0 amide bonds. The zero-order valence-electron chi connectivity index (χ0n) is 22.6. The first kappa shape index (κ1) is 25.7. The van der Waals surface area contributed by atoms with Gasteiger partial charge in [-0.1, -0.05) is 6.92 Å². The number of methoxy groups -OCH3 is 1. The van der Waals surface area contributed by atoms with Crippen molar-refractivity contribution in [2.24, 2.45) is 0 Å². The predicted octanol–water partition coefficient (Wildman–Crippen LogP) is 4.81. The fourth-order valence-corrected chi connectivity index (χ4v) is 6.16. The summed E-state index contributed by atoms with van der Waals surface area (Å²) in [4.78, 5) is 24.9. The van der Waals surface area contributed by atoms with Gasteiger partial charge in [-0.2, -0.15) is 0 Å². The topological polar surface area (TPSA) is 88.5 Å². The molecular weight excluding hydrogens is 510 g/mol. The Morgan fingerprint density at radius 1 is 1.10 bits per heavy atom. The van der Waals surface area contributed by atoms with Crippen molar-refractivity contribution in [2.45, 2.75) is 26.3 Å². The minimum absolute atomic E-state index is 0.439. The maximum Gasteiger partial charge on any atom is 0.227 e. The summed E-state index contributed by atoms with van der Waals surface area (Å²) < 4.78 is 11.2. The molecule has 3 aromatic heterocycles. The van der Waals surface area contributed by atoms with E-state index in [1.54, 1.807) is 24.6 Å². The van der Waals surface area contributed by atoms with Crippen LogP contribution < -0.4 is 15.0 Å². The number of rotatable bonds is 7. The molecule has 6 rings (SSSR count). The van der Waals surface area contributed by atoms with Gasteiger partial charge in [-0.15, -0.1) is 11.3 Å². The van der Waals surface area contributed by atoms with Crippen LogP contribution in [-0.4, -0.2) is 77.4 Å². The molecular formula is C29H33N7O2S. The van der Waals surface area contributed by atoms with E-state index >= 15 is 0 Å². The van der Waals surface area contributed by atoms with Crippen LogP contribution in [0.2, 0.25) is 0 Å². The van der Waals surface area contributed by atoms with Crippen molar-refractivity contribution in [2.75, 3.05) is 56.7 Å². The van der Waals surface area contributed by atoms with E-state index in [2.05, 4.69) is 46.1 Å². The SMILES string of the molecule is CCc1nc(-c2cc(C)cc(OC)c2)c(-c2ccnc(Nc3ccc(N4CCN5CCOC[C@H]5C4)nc3)n2)s1. The second-order valence-electron chi connectivity index (χ2n) is 9.88. The number of nitrogens with one attached hydrogen (secondary N) is 1. The van der Waals surface area contributed by atoms with Crippen molar-refractivity contribution >= 4 is 28.8 Å². The number of nitrogens with zero attached hydrogens (tertiary/aromatic N) is 6. The van der Waals surface area contributed by atoms with Crippen LogP contribution in [-0.2, 0) is 11.2 Å². The molecule has 39 heavy (non-hydrogen) atoms. The van der Waals surface area contributed by atoms with Crippen molar-refractivity contribution in [3.8, 4) is 27.6 Å². The molecule has 0 radical (unpaired) electrons. The Labute approximate surface area is 232 Å². The molecule has 202 valence electrons. The van der Waals surface area contributed by atoms with E-state index in [1.807, 2.05) is 30.5 Å². The van der Waals surface area contributed by atoms with Crippen LogP contribution in [0.1, 0.15) is 17.5 Å². The highest BCUT2D eigenvalue weighted by molar-refractivity contribution is 7.15. The summed E-state index contributed by atoms with van der Waals surface area (Å²) in [6.45, 7) is 9.80. The maximum atomic E-state index is 5.68. The van der Waals surface area contributed by atoms with E-state index in [0.717, 1.165) is 95.5 Å². The number of pyridine rings is 1. The summed E-state index contributed by atoms with van der Waals surface area (Å²) >= 11 is 1.67. The van der Waals surface area contributed by atoms with Gasteiger partial charge in [0.05, 0.1) is 59.5 Å². The van der Waals surface area contributed by atoms with E-state index in [-0.39, 0.29) is 0 Å². The van der Waals surface area contributed by atoms with Gasteiger partial charge in [0.15, 0.2) is 0 Å². The lowest BCUT2D eigenvalue weighted by Gasteiger charge is -2.44. The third kappa shape index (κ3) is 5.59. The first-order valence-corrected chi connectivity index (χ1v) is 14.2. The Hall–Kier alpha value is -3.60. The monoisotopic (exact) mass is 543 g/mol. The van der Waals surface area contributed by atoms with Gasteiger partial charge in [0.1, 0.15) is 11.6 Å². The molecule has 1 atom stereocenters. The van der Waals surface area contributed by atoms with Crippen LogP contribution >= 0.6 is 11.3 Å². The van der Waals surface area contributed by atoms with E-state index in [1.165, 1.54) is 0 Å². The molecule has 0 unspecified atom stereocenters. The zero-order valence-corrected chi connectivity index (χ0v) is 23.4. The molecule has 0 saturated carbocycles. The number of morpholine rings is 1.